The zero-order valence-corrected chi connectivity index (χ0v) is 10.8. The molecule has 0 saturated carbocycles. The topological polar surface area (TPSA) is 85.1 Å². The van der Waals surface area contributed by atoms with Crippen LogP contribution in [0.4, 0.5) is 0 Å². The zero-order chi connectivity index (χ0) is 12.5. The summed E-state index contributed by atoms with van der Waals surface area (Å²) < 4.78 is 27.9. The summed E-state index contributed by atoms with van der Waals surface area (Å²) in [4.78, 5) is 4.20. The molecule has 1 aliphatic heterocycles. The first kappa shape index (κ1) is 12.5. The molecular weight excluding hydrogens is 242 g/mol. The summed E-state index contributed by atoms with van der Waals surface area (Å²) in [6.07, 6.45) is 3.25. The molecule has 1 aromatic rings. The normalized spacial score (nSPS) is 23.5. The van der Waals surface area contributed by atoms with Gasteiger partial charge in [0.1, 0.15) is 5.25 Å². The van der Waals surface area contributed by atoms with E-state index in [1.807, 2.05) is 0 Å². The highest BCUT2D eigenvalue weighted by molar-refractivity contribution is 7.90. The number of piperidine rings is 1. The van der Waals surface area contributed by atoms with Gasteiger partial charge in [-0.3, -0.25) is 0 Å². The maximum Gasteiger partial charge on any atom is 0.231 e. The SMILES string of the molecule is CC(c1noc([C@H]2CCCNC2)n1)S(C)(=O)=O. The van der Waals surface area contributed by atoms with Gasteiger partial charge >= 0.3 is 0 Å². The highest BCUT2D eigenvalue weighted by Gasteiger charge is 2.26. The van der Waals surface area contributed by atoms with Crippen molar-refractivity contribution < 1.29 is 12.9 Å². The van der Waals surface area contributed by atoms with Crippen LogP contribution in [0.15, 0.2) is 4.52 Å². The average Bonchev–Trinajstić information content (AvgIpc) is 2.77. The number of nitrogens with one attached hydrogen (secondary N) is 1. The van der Waals surface area contributed by atoms with E-state index in [-0.39, 0.29) is 11.7 Å². The Morgan fingerprint density at radius 3 is 2.88 bits per heavy atom. The molecular formula is C10H17N3O3S. The molecule has 7 heteroatoms. The fourth-order valence-corrected chi connectivity index (χ4v) is 2.31. The van der Waals surface area contributed by atoms with Gasteiger partial charge in [0.05, 0.1) is 5.92 Å². The number of aromatic nitrogens is 2. The Bertz CT molecular complexity index is 477. The Morgan fingerprint density at radius 1 is 1.53 bits per heavy atom. The van der Waals surface area contributed by atoms with Crippen molar-refractivity contribution in [2.75, 3.05) is 19.3 Å². The van der Waals surface area contributed by atoms with Crippen LogP contribution in [0.2, 0.25) is 0 Å². The molecule has 2 rings (SSSR count). The minimum atomic E-state index is -3.17. The molecule has 1 unspecified atom stereocenters. The van der Waals surface area contributed by atoms with E-state index in [4.69, 9.17) is 4.52 Å². The average molecular weight is 259 g/mol. The monoisotopic (exact) mass is 259 g/mol. The second-order valence-corrected chi connectivity index (χ2v) is 6.87. The lowest BCUT2D eigenvalue weighted by Crippen LogP contribution is -2.28. The van der Waals surface area contributed by atoms with E-state index >= 15 is 0 Å². The van der Waals surface area contributed by atoms with Crippen LogP contribution in [0.3, 0.4) is 0 Å². The van der Waals surface area contributed by atoms with E-state index in [9.17, 15) is 8.42 Å². The van der Waals surface area contributed by atoms with E-state index in [2.05, 4.69) is 15.5 Å². The van der Waals surface area contributed by atoms with E-state index in [0.717, 1.165) is 25.9 Å². The second kappa shape index (κ2) is 4.73. The van der Waals surface area contributed by atoms with E-state index in [1.165, 1.54) is 6.26 Å². The van der Waals surface area contributed by atoms with Crippen LogP contribution in [0, 0.1) is 0 Å². The van der Waals surface area contributed by atoms with E-state index in [0.29, 0.717) is 5.89 Å². The summed E-state index contributed by atoms with van der Waals surface area (Å²) in [5, 5.41) is 6.31. The number of nitrogens with zero attached hydrogens (tertiary/aromatic N) is 2. The van der Waals surface area contributed by atoms with Crippen molar-refractivity contribution in [3.8, 4) is 0 Å². The third kappa shape index (κ3) is 2.84. The fourth-order valence-electron chi connectivity index (χ4n) is 1.83. The van der Waals surface area contributed by atoms with Crippen molar-refractivity contribution in [3.05, 3.63) is 11.7 Å². The van der Waals surface area contributed by atoms with Crippen molar-refractivity contribution in [2.24, 2.45) is 0 Å². The highest BCUT2D eigenvalue weighted by Crippen LogP contribution is 2.24. The van der Waals surface area contributed by atoms with Gasteiger partial charge in [-0.15, -0.1) is 0 Å². The predicted octanol–water partition coefficient (Wildman–Crippen LogP) is 0.642. The van der Waals surface area contributed by atoms with Crippen LogP contribution >= 0.6 is 0 Å². The Balaban J connectivity index is 2.15. The number of rotatable bonds is 3. The summed E-state index contributed by atoms with van der Waals surface area (Å²) in [7, 11) is -3.17. The lowest BCUT2D eigenvalue weighted by Gasteiger charge is -2.18. The molecule has 1 saturated heterocycles. The third-order valence-electron chi connectivity index (χ3n) is 3.11. The molecule has 1 aromatic heterocycles. The van der Waals surface area contributed by atoms with Crippen LogP contribution in [0.1, 0.15) is 42.6 Å². The van der Waals surface area contributed by atoms with Crippen molar-refractivity contribution in [3.63, 3.8) is 0 Å². The maximum absolute atomic E-state index is 11.4. The number of hydrogen-bond donors (Lipinski definition) is 1. The van der Waals surface area contributed by atoms with Crippen LogP contribution in [-0.4, -0.2) is 37.9 Å². The lowest BCUT2D eigenvalue weighted by molar-refractivity contribution is 0.320. The first-order chi connectivity index (χ1) is 7.98. The molecule has 1 N–H and O–H groups in total. The minimum absolute atomic E-state index is 0.205. The molecule has 0 amide bonds. The Morgan fingerprint density at radius 2 is 2.29 bits per heavy atom. The Kier molecular flexibility index (Phi) is 3.48. The van der Waals surface area contributed by atoms with Crippen LogP contribution in [0.5, 0.6) is 0 Å². The highest BCUT2D eigenvalue weighted by atomic mass is 32.2. The predicted molar refractivity (Wildman–Crippen MR) is 62.4 cm³/mol. The van der Waals surface area contributed by atoms with Gasteiger partial charge in [0, 0.05) is 12.8 Å². The first-order valence-electron chi connectivity index (χ1n) is 5.71. The van der Waals surface area contributed by atoms with Gasteiger partial charge in [-0.25, -0.2) is 8.42 Å². The van der Waals surface area contributed by atoms with Crippen LogP contribution in [0.25, 0.3) is 0 Å². The largest absolute Gasteiger partial charge is 0.339 e. The van der Waals surface area contributed by atoms with Gasteiger partial charge in [0.15, 0.2) is 15.7 Å². The van der Waals surface area contributed by atoms with Crippen LogP contribution in [-0.2, 0) is 9.84 Å². The molecule has 0 aromatic carbocycles. The smallest absolute Gasteiger partial charge is 0.231 e. The summed E-state index contributed by atoms with van der Waals surface area (Å²) in [6.45, 7) is 3.40. The van der Waals surface area contributed by atoms with Crippen molar-refractivity contribution >= 4 is 9.84 Å². The molecule has 2 atom stereocenters. The maximum atomic E-state index is 11.4. The molecule has 0 spiro atoms. The van der Waals surface area contributed by atoms with Crippen molar-refractivity contribution in [1.82, 2.24) is 15.5 Å². The first-order valence-corrected chi connectivity index (χ1v) is 7.67. The van der Waals surface area contributed by atoms with E-state index in [1.54, 1.807) is 6.92 Å². The fraction of sp³-hybridized carbons (Fsp3) is 0.800. The van der Waals surface area contributed by atoms with E-state index < -0.39 is 15.1 Å². The Hall–Kier alpha value is -0.950. The standard InChI is InChI=1S/C10H17N3O3S/c1-7(17(2,14)15)9-12-10(16-13-9)8-4-3-5-11-6-8/h7-8,11H,3-6H2,1-2H3/t7?,8-/m0/s1. The molecule has 17 heavy (non-hydrogen) atoms. The molecule has 2 heterocycles. The van der Waals surface area contributed by atoms with Crippen molar-refractivity contribution in [2.45, 2.75) is 30.9 Å². The quantitative estimate of drug-likeness (QED) is 0.857. The summed E-state index contributed by atoms with van der Waals surface area (Å²) in [5.41, 5.74) is 0. The van der Waals surface area contributed by atoms with Gasteiger partial charge in [0.25, 0.3) is 0 Å². The van der Waals surface area contributed by atoms with Gasteiger partial charge in [0.2, 0.25) is 5.89 Å². The zero-order valence-electron chi connectivity index (χ0n) is 10.0. The van der Waals surface area contributed by atoms with Gasteiger partial charge in [-0.2, -0.15) is 4.98 Å². The molecule has 0 aliphatic carbocycles. The number of sulfone groups is 1. The summed E-state index contributed by atoms with van der Waals surface area (Å²) in [5.74, 6) is 1.01. The lowest BCUT2D eigenvalue weighted by atomic mass is 10.00. The summed E-state index contributed by atoms with van der Waals surface area (Å²) >= 11 is 0. The van der Waals surface area contributed by atoms with Crippen LogP contribution < -0.4 is 5.32 Å². The van der Waals surface area contributed by atoms with Gasteiger partial charge in [-0.1, -0.05) is 5.16 Å². The minimum Gasteiger partial charge on any atom is -0.339 e. The molecule has 1 aliphatic rings. The third-order valence-corrected chi connectivity index (χ3v) is 4.60. The molecule has 96 valence electrons. The van der Waals surface area contributed by atoms with Gasteiger partial charge in [-0.05, 0) is 26.3 Å². The second-order valence-electron chi connectivity index (χ2n) is 4.51. The Labute approximate surface area is 101 Å². The van der Waals surface area contributed by atoms with Gasteiger partial charge < -0.3 is 9.84 Å². The molecule has 6 nitrogen and oxygen atoms in total. The number of hydrogen-bond acceptors (Lipinski definition) is 6. The van der Waals surface area contributed by atoms with Crippen molar-refractivity contribution in [1.29, 1.82) is 0 Å². The molecule has 1 fully saturated rings. The molecule has 0 radical (unpaired) electrons. The summed E-state index contributed by atoms with van der Waals surface area (Å²) in [6, 6.07) is 0. The molecule has 0 bridgehead atoms.